The zero-order valence-electron chi connectivity index (χ0n) is 17.6. The number of hydrogen-bond acceptors (Lipinski definition) is 3. The molecule has 1 aliphatic heterocycles. The highest BCUT2D eigenvalue weighted by atomic mass is 35.5. The van der Waals surface area contributed by atoms with Gasteiger partial charge in [-0.05, 0) is 81.0 Å². The van der Waals surface area contributed by atoms with Crippen molar-refractivity contribution in [3.8, 4) is 0 Å². The lowest BCUT2D eigenvalue weighted by Gasteiger charge is -2.31. The van der Waals surface area contributed by atoms with E-state index in [9.17, 15) is 17.6 Å². The van der Waals surface area contributed by atoms with Crippen molar-refractivity contribution in [1.82, 2.24) is 4.31 Å². The Balaban J connectivity index is 1.74. The molecule has 2 aromatic carbocycles. The second kappa shape index (κ2) is 8.65. The highest BCUT2D eigenvalue weighted by molar-refractivity contribution is 7.89. The molecule has 2 aromatic rings. The summed E-state index contributed by atoms with van der Waals surface area (Å²) in [6.45, 7) is 7.95. The van der Waals surface area contributed by atoms with Gasteiger partial charge < -0.3 is 5.32 Å². The van der Waals surface area contributed by atoms with Gasteiger partial charge >= 0.3 is 0 Å². The van der Waals surface area contributed by atoms with Crippen LogP contribution >= 0.6 is 11.6 Å². The number of anilines is 1. The zero-order valence-corrected chi connectivity index (χ0v) is 19.1. The number of nitrogens with zero attached hydrogens (tertiary/aromatic N) is 1. The van der Waals surface area contributed by atoms with E-state index in [0.717, 1.165) is 22.3 Å². The Kier molecular flexibility index (Phi) is 6.55. The zero-order chi connectivity index (χ0) is 22.2. The van der Waals surface area contributed by atoms with Crippen LogP contribution in [-0.2, 0) is 14.8 Å². The molecule has 0 aliphatic carbocycles. The maximum atomic E-state index is 13.9. The number of piperidine rings is 1. The van der Waals surface area contributed by atoms with Crippen LogP contribution in [0.1, 0.15) is 35.1 Å². The number of benzene rings is 2. The first kappa shape index (κ1) is 22.7. The first-order valence-electron chi connectivity index (χ1n) is 9.86. The van der Waals surface area contributed by atoms with Crippen LogP contribution in [0.3, 0.4) is 0 Å². The second-order valence-electron chi connectivity index (χ2n) is 7.88. The summed E-state index contributed by atoms with van der Waals surface area (Å²) in [6.07, 6.45) is 0.742. The van der Waals surface area contributed by atoms with E-state index < -0.39 is 21.8 Å². The Morgan fingerprint density at radius 2 is 1.63 bits per heavy atom. The van der Waals surface area contributed by atoms with Crippen LogP contribution in [-0.4, -0.2) is 31.7 Å². The predicted octanol–water partition coefficient (Wildman–Crippen LogP) is 4.75. The number of sulfonamides is 1. The van der Waals surface area contributed by atoms with Crippen molar-refractivity contribution in [2.24, 2.45) is 5.92 Å². The van der Waals surface area contributed by atoms with Gasteiger partial charge in [0, 0.05) is 24.0 Å². The molecular formula is C22H26ClFN2O3S. The molecule has 1 fully saturated rings. The molecular weight excluding hydrogens is 427 g/mol. The van der Waals surface area contributed by atoms with Crippen LogP contribution in [0.25, 0.3) is 0 Å². The minimum atomic E-state index is -3.66. The quantitative estimate of drug-likeness (QED) is 0.727. The third-order valence-corrected chi connectivity index (χ3v) is 8.31. The van der Waals surface area contributed by atoms with E-state index in [1.807, 2.05) is 33.8 Å². The lowest BCUT2D eigenvalue weighted by Crippen LogP contribution is -2.42. The van der Waals surface area contributed by atoms with Crippen LogP contribution in [0.5, 0.6) is 0 Å². The van der Waals surface area contributed by atoms with Gasteiger partial charge in [0.05, 0.1) is 10.6 Å². The Hall–Kier alpha value is -1.96. The molecule has 1 aliphatic rings. The average Bonchev–Trinajstić information content (AvgIpc) is 2.69. The second-order valence-corrected chi connectivity index (χ2v) is 10.2. The molecule has 162 valence electrons. The molecule has 0 unspecified atom stereocenters. The summed E-state index contributed by atoms with van der Waals surface area (Å²) in [5.41, 5.74) is 3.43. The third-order valence-electron chi connectivity index (χ3n) is 5.91. The summed E-state index contributed by atoms with van der Waals surface area (Å²) in [6, 6.07) is 5.96. The van der Waals surface area contributed by atoms with Crippen molar-refractivity contribution in [2.75, 3.05) is 18.4 Å². The summed E-state index contributed by atoms with van der Waals surface area (Å²) in [5.74, 6) is -1.28. The maximum absolute atomic E-state index is 13.9. The molecule has 0 saturated carbocycles. The van der Waals surface area contributed by atoms with Crippen LogP contribution in [0.4, 0.5) is 10.1 Å². The van der Waals surface area contributed by atoms with Crippen molar-refractivity contribution >= 4 is 33.2 Å². The minimum absolute atomic E-state index is 0.0315. The molecule has 5 nitrogen and oxygen atoms in total. The minimum Gasteiger partial charge on any atom is -0.323 e. The number of carbonyl (C=O) groups is 1. The van der Waals surface area contributed by atoms with Crippen molar-refractivity contribution in [3.63, 3.8) is 0 Å². The van der Waals surface area contributed by atoms with Crippen LogP contribution in [0, 0.1) is 39.4 Å². The van der Waals surface area contributed by atoms with Gasteiger partial charge in [-0.3, -0.25) is 4.79 Å². The van der Waals surface area contributed by atoms with Gasteiger partial charge in [0.2, 0.25) is 15.9 Å². The van der Waals surface area contributed by atoms with Crippen LogP contribution in [0.15, 0.2) is 29.2 Å². The summed E-state index contributed by atoms with van der Waals surface area (Å²) in [5, 5.41) is 2.90. The van der Waals surface area contributed by atoms with Crippen LogP contribution < -0.4 is 5.32 Å². The first-order chi connectivity index (χ1) is 14.0. The SMILES string of the molecule is Cc1cc(C)c(C)c(S(=O)(=O)N2CCC(C(=O)Nc3cc(Cl)ccc3F)CC2)c1C. The number of aryl methyl sites for hydroxylation is 2. The lowest BCUT2D eigenvalue weighted by atomic mass is 9.97. The molecule has 1 amide bonds. The van der Waals surface area contributed by atoms with Gasteiger partial charge in [-0.25, -0.2) is 12.8 Å². The topological polar surface area (TPSA) is 66.5 Å². The Morgan fingerprint density at radius 3 is 2.20 bits per heavy atom. The predicted molar refractivity (Wildman–Crippen MR) is 117 cm³/mol. The fraction of sp³-hybridized carbons (Fsp3) is 0.409. The van der Waals surface area contributed by atoms with E-state index in [0.29, 0.717) is 22.8 Å². The number of carbonyl (C=O) groups excluding carboxylic acids is 1. The Morgan fingerprint density at radius 1 is 1.07 bits per heavy atom. The summed E-state index contributed by atoms with van der Waals surface area (Å²) < 4.78 is 42.0. The van der Waals surface area contributed by atoms with Crippen molar-refractivity contribution < 1.29 is 17.6 Å². The lowest BCUT2D eigenvalue weighted by molar-refractivity contribution is -0.120. The van der Waals surface area contributed by atoms with Gasteiger partial charge in [0.15, 0.2) is 0 Å². The average molecular weight is 453 g/mol. The number of amides is 1. The smallest absolute Gasteiger partial charge is 0.243 e. The molecule has 30 heavy (non-hydrogen) atoms. The number of nitrogens with one attached hydrogen (secondary N) is 1. The molecule has 0 atom stereocenters. The summed E-state index contributed by atoms with van der Waals surface area (Å²) >= 11 is 5.87. The maximum Gasteiger partial charge on any atom is 0.243 e. The van der Waals surface area contributed by atoms with E-state index in [-0.39, 0.29) is 24.7 Å². The molecule has 0 bridgehead atoms. The molecule has 0 spiro atoms. The van der Waals surface area contributed by atoms with E-state index in [1.54, 1.807) is 0 Å². The van der Waals surface area contributed by atoms with Crippen molar-refractivity contribution in [2.45, 2.75) is 45.4 Å². The van der Waals surface area contributed by atoms with E-state index in [1.165, 1.54) is 22.5 Å². The molecule has 1 saturated heterocycles. The van der Waals surface area contributed by atoms with Gasteiger partial charge in [0.1, 0.15) is 5.82 Å². The number of rotatable bonds is 4. The summed E-state index contributed by atoms with van der Waals surface area (Å²) in [4.78, 5) is 12.9. The van der Waals surface area contributed by atoms with E-state index >= 15 is 0 Å². The van der Waals surface area contributed by atoms with Crippen molar-refractivity contribution in [1.29, 1.82) is 0 Å². The van der Waals surface area contributed by atoms with E-state index in [4.69, 9.17) is 11.6 Å². The fourth-order valence-electron chi connectivity index (χ4n) is 3.88. The normalized spacial score (nSPS) is 15.9. The fourth-order valence-corrected chi connectivity index (χ4v) is 6.10. The Labute approximate surface area is 182 Å². The highest BCUT2D eigenvalue weighted by Gasteiger charge is 2.34. The highest BCUT2D eigenvalue weighted by Crippen LogP contribution is 2.31. The van der Waals surface area contributed by atoms with E-state index in [2.05, 4.69) is 5.32 Å². The van der Waals surface area contributed by atoms with Gasteiger partial charge in [-0.1, -0.05) is 17.7 Å². The third kappa shape index (κ3) is 4.38. The molecule has 1 heterocycles. The van der Waals surface area contributed by atoms with Gasteiger partial charge in [-0.2, -0.15) is 4.31 Å². The Bertz CT molecular complexity index is 1070. The summed E-state index contributed by atoms with van der Waals surface area (Å²) in [7, 11) is -3.66. The van der Waals surface area contributed by atoms with Crippen LogP contribution in [0.2, 0.25) is 5.02 Å². The first-order valence-corrected chi connectivity index (χ1v) is 11.7. The monoisotopic (exact) mass is 452 g/mol. The standard InChI is InChI=1S/C22H26ClFN2O3S/c1-13-11-14(2)16(4)21(15(13)3)30(28,29)26-9-7-17(8-10-26)22(27)25-20-12-18(23)5-6-19(20)24/h5-6,11-12,17H,7-10H2,1-4H3,(H,25,27). The molecule has 0 aromatic heterocycles. The molecule has 0 radical (unpaired) electrons. The van der Waals surface area contributed by atoms with Gasteiger partial charge in [0.25, 0.3) is 0 Å². The molecule has 3 rings (SSSR count). The van der Waals surface area contributed by atoms with Gasteiger partial charge in [-0.15, -0.1) is 0 Å². The molecule has 1 N–H and O–H groups in total. The molecule has 8 heteroatoms. The van der Waals surface area contributed by atoms with Crippen molar-refractivity contribution in [3.05, 3.63) is 57.4 Å². The largest absolute Gasteiger partial charge is 0.323 e. The number of hydrogen-bond donors (Lipinski definition) is 1. The number of halogens is 2.